The molecule has 4 aromatic rings. The smallest absolute Gasteiger partial charge is 0.255 e. The molecule has 1 spiro atoms. The van der Waals surface area contributed by atoms with E-state index in [4.69, 9.17) is 0 Å². The molecule has 2 unspecified atom stereocenters. The molecule has 5 amide bonds. The zero-order chi connectivity index (χ0) is 41.8. The van der Waals surface area contributed by atoms with Crippen LogP contribution in [0.1, 0.15) is 54.4 Å². The van der Waals surface area contributed by atoms with Crippen LogP contribution >= 0.6 is 11.3 Å². The highest BCUT2D eigenvalue weighted by atomic mass is 32.1. The molecule has 1 aromatic heterocycles. The van der Waals surface area contributed by atoms with Crippen molar-refractivity contribution >= 4 is 63.1 Å². The molecule has 3 aromatic carbocycles. The second-order valence-corrected chi connectivity index (χ2v) is 17.6. The average molecular weight is 839 g/mol. The van der Waals surface area contributed by atoms with Gasteiger partial charge < -0.3 is 35.3 Å². The Morgan fingerprint density at radius 1 is 0.933 bits per heavy atom. The number of nitrogens with zero attached hydrogens (tertiary/aromatic N) is 5. The Morgan fingerprint density at radius 2 is 1.73 bits per heavy atom. The van der Waals surface area contributed by atoms with Gasteiger partial charge in [-0.05, 0) is 79.3 Å². The molecule has 9 rings (SSSR count). The standard InChI is InChI=1S/C43H44F2N8O6S/c44-32-17-27(16-30-31(32)20-51(40(30)58)21-37(55)49-41-46-12-15-60-41)26-2-5-29(6-3-26)52-22-42(23-52)24-53(25-42)38(56)19-43(59)10-1-13-50(14-11-43)35-8-4-28(18-33(35)45)47-34-7-9-36(54)48-39(34)57/h2-6,8,12,15-18,34,47,59H,1,7,9-11,13-14,19-25H2,(H,46,49,55)(H,48,54,57). The van der Waals surface area contributed by atoms with Gasteiger partial charge in [0.15, 0.2) is 5.13 Å². The number of rotatable bonds is 10. The lowest BCUT2D eigenvalue weighted by molar-refractivity contribution is -0.150. The molecule has 0 aliphatic carbocycles. The van der Waals surface area contributed by atoms with Crippen molar-refractivity contribution in [3.05, 3.63) is 88.9 Å². The van der Waals surface area contributed by atoms with Gasteiger partial charge in [-0.2, -0.15) is 0 Å². The van der Waals surface area contributed by atoms with E-state index in [0.29, 0.717) is 73.9 Å². The third kappa shape index (κ3) is 7.90. The number of amides is 5. The summed E-state index contributed by atoms with van der Waals surface area (Å²) >= 11 is 1.27. The number of likely N-dealkylation sites (tertiary alicyclic amines) is 1. The van der Waals surface area contributed by atoms with E-state index in [2.05, 4.69) is 25.8 Å². The number of aliphatic hydroxyl groups is 1. The number of halogens is 2. The SMILES string of the molecule is O=C1CCC(Nc2ccc(N3CCCC(O)(CC(=O)N4CC5(C4)CN(c4ccc(-c6cc(F)c7c(c6)C(=O)N(CC(=O)Nc6nccs6)C7)cc4)C5)CC3)c(F)c2)C(=O)N1. The third-order valence-electron chi connectivity index (χ3n) is 12.4. The van der Waals surface area contributed by atoms with Crippen LogP contribution in [0.3, 0.4) is 0 Å². The van der Waals surface area contributed by atoms with Crippen molar-refractivity contribution in [3.63, 3.8) is 0 Å². The van der Waals surface area contributed by atoms with Crippen molar-refractivity contribution in [2.45, 2.75) is 56.7 Å². The molecule has 2 atom stereocenters. The lowest BCUT2D eigenvalue weighted by Crippen LogP contribution is -2.73. The molecule has 5 aliphatic rings. The Hall–Kier alpha value is -5.94. The molecule has 4 saturated heterocycles. The number of imide groups is 1. The van der Waals surface area contributed by atoms with Crippen molar-refractivity contribution in [2.24, 2.45) is 5.41 Å². The maximum atomic E-state index is 15.3. The second-order valence-electron chi connectivity index (χ2n) is 16.7. The number of hydrogen-bond acceptors (Lipinski definition) is 11. The van der Waals surface area contributed by atoms with E-state index >= 15 is 8.78 Å². The monoisotopic (exact) mass is 838 g/mol. The largest absolute Gasteiger partial charge is 0.389 e. The Kier molecular flexibility index (Phi) is 10.3. The van der Waals surface area contributed by atoms with Crippen molar-refractivity contribution in [2.75, 3.05) is 66.2 Å². The highest BCUT2D eigenvalue weighted by molar-refractivity contribution is 7.13. The number of piperidine rings is 1. The normalized spacial score (nSPS) is 22.2. The van der Waals surface area contributed by atoms with Gasteiger partial charge in [-0.3, -0.25) is 29.3 Å². The number of carbonyl (C=O) groups excluding carboxylic acids is 5. The molecule has 0 radical (unpaired) electrons. The van der Waals surface area contributed by atoms with Gasteiger partial charge in [0.1, 0.15) is 24.2 Å². The van der Waals surface area contributed by atoms with Crippen LogP contribution < -0.4 is 25.8 Å². The summed E-state index contributed by atoms with van der Waals surface area (Å²) in [6.07, 6.45) is 3.46. The predicted molar refractivity (Wildman–Crippen MR) is 220 cm³/mol. The van der Waals surface area contributed by atoms with E-state index < -0.39 is 41.0 Å². The number of nitrogens with one attached hydrogen (secondary N) is 3. The molecule has 60 heavy (non-hydrogen) atoms. The first-order chi connectivity index (χ1) is 28.8. The van der Waals surface area contributed by atoms with E-state index in [1.54, 1.807) is 29.8 Å². The summed E-state index contributed by atoms with van der Waals surface area (Å²) in [7, 11) is 0. The summed E-state index contributed by atoms with van der Waals surface area (Å²) in [4.78, 5) is 73.9. The minimum atomic E-state index is -1.20. The molecule has 4 fully saturated rings. The molecular weight excluding hydrogens is 795 g/mol. The Balaban J connectivity index is 0.740. The van der Waals surface area contributed by atoms with Crippen molar-refractivity contribution in [1.82, 2.24) is 20.1 Å². The number of hydrogen-bond donors (Lipinski definition) is 4. The number of benzene rings is 3. The minimum absolute atomic E-state index is 0.00888. The van der Waals surface area contributed by atoms with E-state index in [-0.39, 0.29) is 54.3 Å². The number of aromatic nitrogens is 1. The van der Waals surface area contributed by atoms with Gasteiger partial charge in [-0.15, -0.1) is 11.3 Å². The lowest BCUT2D eigenvalue weighted by atomic mass is 9.72. The van der Waals surface area contributed by atoms with Crippen molar-refractivity contribution in [1.29, 1.82) is 0 Å². The van der Waals surface area contributed by atoms with E-state index in [1.165, 1.54) is 28.4 Å². The highest BCUT2D eigenvalue weighted by Crippen LogP contribution is 2.43. The van der Waals surface area contributed by atoms with E-state index in [1.807, 2.05) is 34.1 Å². The summed E-state index contributed by atoms with van der Waals surface area (Å²) < 4.78 is 30.6. The first-order valence-corrected chi connectivity index (χ1v) is 21.0. The Labute approximate surface area is 348 Å². The molecule has 312 valence electrons. The summed E-state index contributed by atoms with van der Waals surface area (Å²) in [6.45, 7) is 3.48. The molecule has 6 heterocycles. The van der Waals surface area contributed by atoms with Crippen LogP contribution in [0.25, 0.3) is 11.1 Å². The number of fused-ring (bicyclic) bond motifs is 1. The van der Waals surface area contributed by atoms with Crippen LogP contribution in [0.4, 0.5) is 31.0 Å². The third-order valence-corrected chi connectivity index (χ3v) is 13.1. The van der Waals surface area contributed by atoms with Crippen LogP contribution in [0, 0.1) is 17.0 Å². The first-order valence-electron chi connectivity index (χ1n) is 20.1. The lowest BCUT2D eigenvalue weighted by Gasteiger charge is -2.61. The first kappa shape index (κ1) is 39.5. The number of carbonyl (C=O) groups is 5. The maximum absolute atomic E-state index is 15.3. The highest BCUT2D eigenvalue weighted by Gasteiger charge is 2.53. The Bertz CT molecular complexity index is 2370. The average Bonchev–Trinajstić information content (AvgIpc) is 3.75. The summed E-state index contributed by atoms with van der Waals surface area (Å²) in [5.74, 6) is -2.59. The fourth-order valence-electron chi connectivity index (χ4n) is 9.16. The van der Waals surface area contributed by atoms with E-state index in [0.717, 1.165) is 24.3 Å². The zero-order valence-electron chi connectivity index (χ0n) is 32.7. The number of anilines is 4. The van der Waals surface area contributed by atoms with Crippen LogP contribution in [-0.4, -0.2) is 107 Å². The topological polar surface area (TPSA) is 168 Å². The van der Waals surface area contributed by atoms with Gasteiger partial charge in [-0.25, -0.2) is 13.8 Å². The fraction of sp³-hybridized carbons (Fsp3) is 0.395. The number of thiazole rings is 1. The van der Waals surface area contributed by atoms with Crippen LogP contribution in [0.5, 0.6) is 0 Å². The fourth-order valence-corrected chi connectivity index (χ4v) is 9.70. The van der Waals surface area contributed by atoms with E-state index in [9.17, 15) is 29.1 Å². The van der Waals surface area contributed by atoms with Crippen molar-refractivity contribution in [3.8, 4) is 11.1 Å². The molecule has 0 bridgehead atoms. The maximum Gasteiger partial charge on any atom is 0.255 e. The quantitative estimate of drug-likeness (QED) is 0.169. The molecule has 0 saturated carbocycles. The summed E-state index contributed by atoms with van der Waals surface area (Å²) in [5.41, 5.74) is 2.46. The predicted octanol–water partition coefficient (Wildman–Crippen LogP) is 4.36. The summed E-state index contributed by atoms with van der Waals surface area (Å²) in [6, 6.07) is 14.9. The Morgan fingerprint density at radius 3 is 2.47 bits per heavy atom. The van der Waals surface area contributed by atoms with Gasteiger partial charge in [0, 0.05) is 85.2 Å². The molecule has 4 N–H and O–H groups in total. The molecule has 14 nitrogen and oxygen atoms in total. The van der Waals surface area contributed by atoms with Gasteiger partial charge in [0.2, 0.25) is 23.6 Å². The van der Waals surface area contributed by atoms with Gasteiger partial charge in [0.05, 0.1) is 24.3 Å². The summed E-state index contributed by atoms with van der Waals surface area (Å²) in [5, 5.41) is 21.7. The van der Waals surface area contributed by atoms with Crippen LogP contribution in [0.2, 0.25) is 0 Å². The van der Waals surface area contributed by atoms with Crippen molar-refractivity contribution < 1.29 is 37.9 Å². The van der Waals surface area contributed by atoms with Crippen LogP contribution in [0.15, 0.2) is 66.2 Å². The minimum Gasteiger partial charge on any atom is -0.389 e. The molecule has 17 heteroatoms. The zero-order valence-corrected chi connectivity index (χ0v) is 33.5. The van der Waals surface area contributed by atoms with Crippen LogP contribution in [-0.2, 0) is 25.7 Å². The van der Waals surface area contributed by atoms with Gasteiger partial charge in [-0.1, -0.05) is 12.1 Å². The van der Waals surface area contributed by atoms with Gasteiger partial charge >= 0.3 is 0 Å². The molecular formula is C43H44F2N8O6S. The molecule has 5 aliphatic heterocycles. The van der Waals surface area contributed by atoms with Gasteiger partial charge in [0.25, 0.3) is 5.91 Å². The second kappa shape index (κ2) is 15.6.